The molecule has 0 unspecified atom stereocenters. The molecule has 80 valence electrons. The van der Waals surface area contributed by atoms with E-state index < -0.39 is 0 Å². The average Bonchev–Trinajstić information content (AvgIpc) is 2.87. The number of rotatable bonds is 1. The number of nitrogens with one attached hydrogen (secondary N) is 1. The molecule has 1 amide bonds. The van der Waals surface area contributed by atoms with Gasteiger partial charge in [-0.25, -0.2) is 0 Å². The SMILES string of the molecule is O=C(c1cccs1)N1C[C@@H]2CN[C@@H](C2)C1. The van der Waals surface area contributed by atoms with Crippen LogP contribution in [0.3, 0.4) is 0 Å². The van der Waals surface area contributed by atoms with Gasteiger partial charge in [-0.3, -0.25) is 4.79 Å². The van der Waals surface area contributed by atoms with Gasteiger partial charge in [-0.2, -0.15) is 0 Å². The van der Waals surface area contributed by atoms with E-state index in [0.29, 0.717) is 12.0 Å². The fourth-order valence-corrected chi connectivity index (χ4v) is 3.25. The van der Waals surface area contributed by atoms with Crippen LogP contribution in [0.1, 0.15) is 16.1 Å². The van der Waals surface area contributed by atoms with Crippen molar-refractivity contribution >= 4 is 17.2 Å². The Hall–Kier alpha value is -0.870. The molecule has 0 aromatic carbocycles. The van der Waals surface area contributed by atoms with Crippen LogP contribution in [0.5, 0.6) is 0 Å². The molecule has 1 aromatic heterocycles. The molecule has 2 fully saturated rings. The summed E-state index contributed by atoms with van der Waals surface area (Å²) in [6.07, 6.45) is 1.24. The van der Waals surface area contributed by atoms with Crippen molar-refractivity contribution < 1.29 is 4.79 Å². The van der Waals surface area contributed by atoms with E-state index in [9.17, 15) is 4.79 Å². The van der Waals surface area contributed by atoms with Gasteiger partial charge < -0.3 is 10.2 Å². The number of carbonyl (C=O) groups is 1. The van der Waals surface area contributed by atoms with Gasteiger partial charge in [0.05, 0.1) is 4.88 Å². The minimum atomic E-state index is 0.211. The molecule has 2 aliphatic rings. The molecule has 0 radical (unpaired) electrons. The van der Waals surface area contributed by atoms with Crippen LogP contribution in [0.4, 0.5) is 0 Å². The van der Waals surface area contributed by atoms with Crippen LogP contribution < -0.4 is 5.32 Å². The Morgan fingerprint density at radius 3 is 3.20 bits per heavy atom. The third-order valence-corrected chi connectivity index (χ3v) is 4.11. The van der Waals surface area contributed by atoms with E-state index in [1.807, 2.05) is 22.4 Å². The highest BCUT2D eigenvalue weighted by Gasteiger charge is 2.34. The summed E-state index contributed by atoms with van der Waals surface area (Å²) in [6, 6.07) is 4.39. The van der Waals surface area contributed by atoms with Gasteiger partial charge in [0.15, 0.2) is 0 Å². The first-order valence-electron chi connectivity index (χ1n) is 5.39. The number of hydrogen-bond acceptors (Lipinski definition) is 3. The fourth-order valence-electron chi connectivity index (χ4n) is 2.55. The molecule has 2 saturated heterocycles. The number of hydrogen-bond donors (Lipinski definition) is 1. The maximum absolute atomic E-state index is 12.1. The molecular formula is C11H14N2OS. The molecule has 15 heavy (non-hydrogen) atoms. The van der Waals surface area contributed by atoms with E-state index in [0.717, 1.165) is 24.5 Å². The normalized spacial score (nSPS) is 29.5. The Morgan fingerprint density at radius 2 is 2.47 bits per heavy atom. The van der Waals surface area contributed by atoms with Crippen molar-refractivity contribution in [1.29, 1.82) is 0 Å². The minimum Gasteiger partial charge on any atom is -0.336 e. The summed E-state index contributed by atoms with van der Waals surface area (Å²) < 4.78 is 0. The van der Waals surface area contributed by atoms with E-state index in [1.165, 1.54) is 17.8 Å². The largest absolute Gasteiger partial charge is 0.336 e. The first-order chi connectivity index (χ1) is 7.33. The Kier molecular flexibility index (Phi) is 2.25. The molecule has 0 aliphatic carbocycles. The van der Waals surface area contributed by atoms with Crippen LogP contribution in [0, 0.1) is 5.92 Å². The van der Waals surface area contributed by atoms with Crippen LogP contribution in [0.2, 0.25) is 0 Å². The predicted octanol–water partition coefficient (Wildman–Crippen LogP) is 1.18. The van der Waals surface area contributed by atoms with Crippen molar-refractivity contribution in [2.24, 2.45) is 5.92 Å². The van der Waals surface area contributed by atoms with E-state index in [2.05, 4.69) is 5.32 Å². The standard InChI is InChI=1S/C11H14N2OS/c14-11(10-2-1-3-15-10)13-6-8-4-9(7-13)12-5-8/h1-3,8-9,12H,4-7H2/t8-,9-/m0/s1. The lowest BCUT2D eigenvalue weighted by Crippen LogP contribution is -2.44. The van der Waals surface area contributed by atoms with Gasteiger partial charge in [0.1, 0.15) is 0 Å². The fraction of sp³-hybridized carbons (Fsp3) is 0.545. The lowest BCUT2D eigenvalue weighted by Gasteiger charge is -2.30. The number of carbonyl (C=O) groups excluding carboxylic acids is 1. The Morgan fingerprint density at radius 1 is 1.53 bits per heavy atom. The molecule has 1 aromatic rings. The molecule has 1 N–H and O–H groups in total. The summed E-state index contributed by atoms with van der Waals surface area (Å²) in [5.74, 6) is 0.885. The molecule has 4 heteroatoms. The van der Waals surface area contributed by atoms with E-state index in [4.69, 9.17) is 0 Å². The van der Waals surface area contributed by atoms with Gasteiger partial charge in [-0.1, -0.05) is 6.07 Å². The van der Waals surface area contributed by atoms with Crippen LogP contribution >= 0.6 is 11.3 Å². The minimum absolute atomic E-state index is 0.211. The first-order valence-corrected chi connectivity index (χ1v) is 6.27. The smallest absolute Gasteiger partial charge is 0.263 e. The average molecular weight is 222 g/mol. The zero-order valence-electron chi connectivity index (χ0n) is 8.48. The molecule has 0 spiro atoms. The maximum Gasteiger partial charge on any atom is 0.263 e. The summed E-state index contributed by atoms with van der Waals surface area (Å²) in [6.45, 7) is 2.90. The molecule has 2 aliphatic heterocycles. The molecule has 3 rings (SSSR count). The van der Waals surface area contributed by atoms with Gasteiger partial charge in [0.25, 0.3) is 5.91 Å². The molecule has 0 saturated carbocycles. The van der Waals surface area contributed by atoms with E-state index in [-0.39, 0.29) is 5.91 Å². The highest BCUT2D eigenvalue weighted by atomic mass is 32.1. The van der Waals surface area contributed by atoms with Gasteiger partial charge in [-0.15, -0.1) is 11.3 Å². The van der Waals surface area contributed by atoms with Crippen LogP contribution in [-0.2, 0) is 0 Å². The van der Waals surface area contributed by atoms with Crippen molar-refractivity contribution in [3.8, 4) is 0 Å². The number of amides is 1. The second-order valence-corrected chi connectivity index (χ2v) is 5.34. The summed E-state index contributed by atoms with van der Waals surface area (Å²) in [5, 5.41) is 5.42. The zero-order chi connectivity index (χ0) is 10.3. The van der Waals surface area contributed by atoms with Crippen molar-refractivity contribution in [1.82, 2.24) is 10.2 Å². The van der Waals surface area contributed by atoms with E-state index >= 15 is 0 Å². The van der Waals surface area contributed by atoms with Crippen molar-refractivity contribution in [3.05, 3.63) is 22.4 Å². The van der Waals surface area contributed by atoms with Crippen molar-refractivity contribution in [3.63, 3.8) is 0 Å². The highest BCUT2D eigenvalue weighted by Crippen LogP contribution is 2.24. The number of piperidine rings is 1. The van der Waals surface area contributed by atoms with Crippen molar-refractivity contribution in [2.75, 3.05) is 19.6 Å². The summed E-state index contributed by atoms with van der Waals surface area (Å²) >= 11 is 1.54. The number of thiophene rings is 1. The molecule has 3 nitrogen and oxygen atoms in total. The Labute approximate surface area is 93.1 Å². The second-order valence-electron chi connectivity index (χ2n) is 4.39. The predicted molar refractivity (Wildman–Crippen MR) is 60.1 cm³/mol. The summed E-state index contributed by atoms with van der Waals surface area (Å²) in [4.78, 5) is 15.0. The second kappa shape index (κ2) is 3.61. The number of likely N-dealkylation sites (tertiary alicyclic amines) is 1. The third-order valence-electron chi connectivity index (χ3n) is 3.25. The summed E-state index contributed by atoms with van der Waals surface area (Å²) in [7, 11) is 0. The van der Waals surface area contributed by atoms with E-state index in [1.54, 1.807) is 0 Å². The van der Waals surface area contributed by atoms with Crippen molar-refractivity contribution in [2.45, 2.75) is 12.5 Å². The van der Waals surface area contributed by atoms with Crippen LogP contribution in [0.25, 0.3) is 0 Å². The quantitative estimate of drug-likeness (QED) is 0.774. The third kappa shape index (κ3) is 1.68. The number of nitrogens with zero attached hydrogens (tertiary/aromatic N) is 1. The van der Waals surface area contributed by atoms with Crippen LogP contribution in [0.15, 0.2) is 17.5 Å². The van der Waals surface area contributed by atoms with Crippen LogP contribution in [-0.4, -0.2) is 36.5 Å². The monoisotopic (exact) mass is 222 g/mol. The molecule has 2 bridgehead atoms. The highest BCUT2D eigenvalue weighted by molar-refractivity contribution is 7.12. The van der Waals surface area contributed by atoms with Gasteiger partial charge in [-0.05, 0) is 23.8 Å². The molecule has 2 atom stereocenters. The molecule has 3 heterocycles. The topological polar surface area (TPSA) is 32.3 Å². The zero-order valence-corrected chi connectivity index (χ0v) is 9.30. The van der Waals surface area contributed by atoms with Gasteiger partial charge in [0, 0.05) is 25.7 Å². The van der Waals surface area contributed by atoms with Gasteiger partial charge >= 0.3 is 0 Å². The number of fused-ring (bicyclic) bond motifs is 2. The maximum atomic E-state index is 12.1. The molecular weight excluding hydrogens is 208 g/mol. The Bertz CT molecular complexity index is 351. The lowest BCUT2D eigenvalue weighted by atomic mass is 10.00. The summed E-state index contributed by atoms with van der Waals surface area (Å²) in [5.41, 5.74) is 0. The lowest BCUT2D eigenvalue weighted by molar-refractivity contribution is 0.0696. The Balaban J connectivity index is 1.75. The first kappa shape index (κ1) is 9.36. The van der Waals surface area contributed by atoms with Gasteiger partial charge in [0.2, 0.25) is 0 Å².